The molecule has 260 valence electrons. The SMILES string of the molecule is CCCCOc1nc(N(Cc2ccc(OC)cc2)Cc2ccc(OC)cc2)c2ncc(C(O)c3ccc(OCCCN(C)C)cc3F)n2n1. The minimum Gasteiger partial charge on any atom is -0.497 e. The molecule has 0 aliphatic rings. The number of halogens is 1. The monoisotopic (exact) mass is 672 g/mol. The summed E-state index contributed by atoms with van der Waals surface area (Å²) in [6.45, 7) is 4.73. The van der Waals surface area contributed by atoms with Gasteiger partial charge in [0.1, 0.15) is 29.2 Å². The highest BCUT2D eigenvalue weighted by Crippen LogP contribution is 2.31. The molecule has 0 aliphatic carbocycles. The maximum Gasteiger partial charge on any atom is 0.336 e. The van der Waals surface area contributed by atoms with E-state index in [1.165, 1.54) is 22.8 Å². The van der Waals surface area contributed by atoms with Crippen LogP contribution in [0.1, 0.15) is 54.7 Å². The Morgan fingerprint density at radius 2 is 1.45 bits per heavy atom. The lowest BCUT2D eigenvalue weighted by Crippen LogP contribution is -2.25. The molecule has 0 aliphatic heterocycles. The molecule has 49 heavy (non-hydrogen) atoms. The van der Waals surface area contributed by atoms with E-state index < -0.39 is 11.9 Å². The van der Waals surface area contributed by atoms with Gasteiger partial charge in [0.25, 0.3) is 0 Å². The summed E-state index contributed by atoms with van der Waals surface area (Å²) in [7, 11) is 7.25. The number of imidazole rings is 1. The molecule has 1 atom stereocenters. The van der Waals surface area contributed by atoms with Gasteiger partial charge in [0.05, 0.1) is 39.3 Å². The number of nitrogens with zero attached hydrogens (tertiary/aromatic N) is 6. The van der Waals surface area contributed by atoms with Crippen LogP contribution in [0.25, 0.3) is 5.65 Å². The fraction of sp³-hybridized carbons (Fsp3) is 0.378. The predicted molar refractivity (Wildman–Crippen MR) is 186 cm³/mol. The molecule has 5 rings (SSSR count). The molecule has 0 saturated heterocycles. The number of methoxy groups -OCH3 is 2. The third-order valence-electron chi connectivity index (χ3n) is 8.01. The second-order valence-electron chi connectivity index (χ2n) is 12.0. The molecule has 0 saturated carbocycles. The van der Waals surface area contributed by atoms with Crippen molar-refractivity contribution in [3.05, 3.63) is 101 Å². The first kappa shape index (κ1) is 35.4. The van der Waals surface area contributed by atoms with Gasteiger partial charge in [0.15, 0.2) is 11.5 Å². The minimum atomic E-state index is -1.37. The lowest BCUT2D eigenvalue weighted by molar-refractivity contribution is 0.206. The van der Waals surface area contributed by atoms with Crippen LogP contribution in [0.15, 0.2) is 72.9 Å². The highest BCUT2D eigenvalue weighted by Gasteiger charge is 2.25. The number of hydrogen-bond donors (Lipinski definition) is 1. The maximum absolute atomic E-state index is 15.5. The Bertz CT molecular complexity index is 1730. The van der Waals surface area contributed by atoms with Crippen LogP contribution in [0.5, 0.6) is 23.3 Å². The number of aliphatic hydroxyl groups excluding tert-OH is 1. The summed E-state index contributed by atoms with van der Waals surface area (Å²) in [5.74, 6) is 1.80. The van der Waals surface area contributed by atoms with Crippen molar-refractivity contribution in [1.29, 1.82) is 0 Å². The molecule has 1 N–H and O–H groups in total. The number of ether oxygens (including phenoxy) is 4. The molecule has 5 aromatic rings. The lowest BCUT2D eigenvalue weighted by Gasteiger charge is -2.25. The Labute approximate surface area is 286 Å². The quantitative estimate of drug-likeness (QED) is 0.110. The summed E-state index contributed by atoms with van der Waals surface area (Å²) in [4.78, 5) is 13.6. The van der Waals surface area contributed by atoms with E-state index in [9.17, 15) is 5.11 Å². The Morgan fingerprint density at radius 1 is 0.837 bits per heavy atom. The minimum absolute atomic E-state index is 0.0735. The summed E-state index contributed by atoms with van der Waals surface area (Å²) < 4.78 is 39.4. The molecule has 0 fully saturated rings. The van der Waals surface area contributed by atoms with Gasteiger partial charge in [0, 0.05) is 31.3 Å². The van der Waals surface area contributed by atoms with E-state index in [4.69, 9.17) is 23.9 Å². The van der Waals surface area contributed by atoms with E-state index in [2.05, 4.69) is 26.8 Å². The molecule has 2 aromatic heterocycles. The average molecular weight is 673 g/mol. The van der Waals surface area contributed by atoms with E-state index in [1.54, 1.807) is 20.3 Å². The van der Waals surface area contributed by atoms with E-state index in [-0.39, 0.29) is 17.3 Å². The van der Waals surface area contributed by atoms with Gasteiger partial charge >= 0.3 is 6.01 Å². The van der Waals surface area contributed by atoms with Gasteiger partial charge in [-0.25, -0.2) is 13.9 Å². The lowest BCUT2D eigenvalue weighted by atomic mass is 10.1. The second kappa shape index (κ2) is 16.9. The first-order valence-corrected chi connectivity index (χ1v) is 16.4. The van der Waals surface area contributed by atoms with Crippen molar-refractivity contribution < 1.29 is 28.4 Å². The number of aromatic nitrogens is 4. The topological polar surface area (TPSA) is 107 Å². The Balaban J connectivity index is 1.52. The molecule has 1 unspecified atom stereocenters. The summed E-state index contributed by atoms with van der Waals surface area (Å²) in [5.41, 5.74) is 2.76. The zero-order valence-corrected chi connectivity index (χ0v) is 28.8. The van der Waals surface area contributed by atoms with E-state index in [0.717, 1.165) is 48.4 Å². The number of hydrogen-bond acceptors (Lipinski definition) is 10. The smallest absolute Gasteiger partial charge is 0.336 e. The molecule has 0 bridgehead atoms. The number of rotatable bonds is 18. The molecular weight excluding hydrogens is 627 g/mol. The van der Waals surface area contributed by atoms with Crippen molar-refractivity contribution in [2.45, 2.75) is 45.4 Å². The van der Waals surface area contributed by atoms with Crippen LogP contribution >= 0.6 is 0 Å². The highest BCUT2D eigenvalue weighted by atomic mass is 19.1. The van der Waals surface area contributed by atoms with Gasteiger partial charge in [0.2, 0.25) is 0 Å². The zero-order valence-electron chi connectivity index (χ0n) is 28.8. The fourth-order valence-electron chi connectivity index (χ4n) is 5.29. The average Bonchev–Trinajstić information content (AvgIpc) is 3.54. The van der Waals surface area contributed by atoms with Crippen LogP contribution in [-0.4, -0.2) is 77.7 Å². The van der Waals surface area contributed by atoms with Crippen molar-refractivity contribution >= 4 is 11.5 Å². The number of anilines is 1. The first-order chi connectivity index (χ1) is 23.8. The van der Waals surface area contributed by atoms with E-state index in [0.29, 0.717) is 43.5 Å². The fourth-order valence-corrected chi connectivity index (χ4v) is 5.29. The van der Waals surface area contributed by atoms with Gasteiger partial charge in [-0.05, 0) is 74.5 Å². The van der Waals surface area contributed by atoms with Crippen molar-refractivity contribution in [3.8, 4) is 23.3 Å². The van der Waals surface area contributed by atoms with Crippen LogP contribution in [-0.2, 0) is 13.1 Å². The van der Waals surface area contributed by atoms with Gasteiger partial charge in [-0.15, -0.1) is 5.10 Å². The normalized spacial score (nSPS) is 11.9. The Morgan fingerprint density at radius 3 is 2.02 bits per heavy atom. The maximum atomic E-state index is 15.5. The third kappa shape index (κ3) is 9.15. The molecule has 12 heteroatoms. The van der Waals surface area contributed by atoms with Crippen molar-refractivity contribution in [1.82, 2.24) is 24.5 Å². The van der Waals surface area contributed by atoms with Crippen LogP contribution in [0.2, 0.25) is 0 Å². The first-order valence-electron chi connectivity index (χ1n) is 16.4. The summed E-state index contributed by atoms with van der Waals surface area (Å²) >= 11 is 0. The largest absolute Gasteiger partial charge is 0.497 e. The van der Waals surface area contributed by atoms with Gasteiger partial charge < -0.3 is 33.9 Å². The van der Waals surface area contributed by atoms with Gasteiger partial charge in [-0.2, -0.15) is 4.98 Å². The molecule has 11 nitrogen and oxygen atoms in total. The predicted octanol–water partition coefficient (Wildman–Crippen LogP) is 6.08. The van der Waals surface area contributed by atoms with E-state index in [1.807, 2.05) is 62.6 Å². The Kier molecular flexibility index (Phi) is 12.2. The molecule has 0 spiro atoms. The molecule has 3 aromatic carbocycles. The van der Waals surface area contributed by atoms with Crippen LogP contribution < -0.4 is 23.8 Å². The summed E-state index contributed by atoms with van der Waals surface area (Å²) in [6, 6.07) is 20.2. The van der Waals surface area contributed by atoms with Gasteiger partial charge in [-0.1, -0.05) is 37.6 Å². The summed E-state index contributed by atoms with van der Waals surface area (Å²) in [5, 5.41) is 16.2. The van der Waals surface area contributed by atoms with E-state index >= 15 is 4.39 Å². The standard InChI is InChI=1S/C37H45FN6O5/c1-6-7-20-49-37-40-36(43(24-26-9-13-28(46-4)14-10-26)25-27-11-15-29(47-5)16-12-27)35-39-23-33(44(35)41-37)34(45)31-18-17-30(22-32(31)38)48-21-8-19-42(2)3/h9-18,22-23,34,45H,6-8,19-21,24-25H2,1-5H3. The van der Waals surface area contributed by atoms with Crippen molar-refractivity contribution in [2.75, 3.05) is 53.0 Å². The number of fused-ring (bicyclic) bond motifs is 1. The van der Waals surface area contributed by atoms with Crippen LogP contribution in [0.3, 0.4) is 0 Å². The van der Waals surface area contributed by atoms with Crippen LogP contribution in [0, 0.1) is 5.82 Å². The second-order valence-corrected chi connectivity index (χ2v) is 12.0. The van der Waals surface area contributed by atoms with Crippen molar-refractivity contribution in [2.24, 2.45) is 0 Å². The van der Waals surface area contributed by atoms with Crippen LogP contribution in [0.4, 0.5) is 10.2 Å². The number of benzene rings is 3. The highest BCUT2D eigenvalue weighted by molar-refractivity contribution is 5.65. The molecule has 0 amide bonds. The number of aliphatic hydroxyl groups is 1. The third-order valence-corrected chi connectivity index (χ3v) is 8.01. The van der Waals surface area contributed by atoms with Crippen molar-refractivity contribution in [3.63, 3.8) is 0 Å². The molecular formula is C37H45FN6O5. The summed E-state index contributed by atoms with van der Waals surface area (Å²) in [6.07, 6.45) is 2.67. The van der Waals surface area contributed by atoms with Gasteiger partial charge in [-0.3, -0.25) is 0 Å². The molecule has 2 heterocycles. The zero-order chi connectivity index (χ0) is 34.8. The molecule has 0 radical (unpaired) electrons. The Hall–Kier alpha value is -4.94. The number of unbranched alkanes of at least 4 members (excludes halogenated alkanes) is 1.